The second kappa shape index (κ2) is 4.71. The van der Waals surface area contributed by atoms with Crippen molar-refractivity contribution in [2.45, 2.75) is 39.2 Å². The summed E-state index contributed by atoms with van der Waals surface area (Å²) in [5.41, 5.74) is 8.02. The van der Waals surface area contributed by atoms with Gasteiger partial charge in [-0.3, -0.25) is 0 Å². The maximum absolute atomic E-state index is 6.51. The summed E-state index contributed by atoms with van der Waals surface area (Å²) in [6.07, 6.45) is 3.79. The minimum absolute atomic E-state index is 0.0910. The van der Waals surface area contributed by atoms with Gasteiger partial charge in [-0.2, -0.15) is 0 Å². The van der Waals surface area contributed by atoms with Crippen molar-refractivity contribution in [3.05, 3.63) is 23.8 Å². The van der Waals surface area contributed by atoms with E-state index in [1.807, 2.05) is 6.07 Å². The molecule has 19 heavy (non-hydrogen) atoms. The van der Waals surface area contributed by atoms with Gasteiger partial charge in [0, 0.05) is 6.04 Å². The van der Waals surface area contributed by atoms with E-state index in [-0.39, 0.29) is 6.04 Å². The first kappa shape index (κ1) is 12.8. The van der Waals surface area contributed by atoms with Crippen LogP contribution in [0.5, 0.6) is 11.5 Å². The Morgan fingerprint density at radius 3 is 2.63 bits per heavy atom. The summed E-state index contributed by atoms with van der Waals surface area (Å²) in [5, 5.41) is 0. The lowest BCUT2D eigenvalue weighted by atomic mass is 9.76. The number of hydrogen-bond donors (Lipinski definition) is 1. The predicted octanol–water partition coefficient (Wildman–Crippen LogP) is 3.28. The summed E-state index contributed by atoms with van der Waals surface area (Å²) < 4.78 is 11.2. The van der Waals surface area contributed by atoms with Crippen molar-refractivity contribution in [1.82, 2.24) is 0 Å². The highest BCUT2D eigenvalue weighted by molar-refractivity contribution is 5.44. The highest BCUT2D eigenvalue weighted by Crippen LogP contribution is 2.48. The summed E-state index contributed by atoms with van der Waals surface area (Å²) in [6, 6.07) is 6.24. The van der Waals surface area contributed by atoms with E-state index >= 15 is 0 Å². The summed E-state index contributed by atoms with van der Waals surface area (Å²) in [7, 11) is 0. The van der Waals surface area contributed by atoms with Crippen LogP contribution >= 0.6 is 0 Å². The molecule has 1 aromatic rings. The van der Waals surface area contributed by atoms with Gasteiger partial charge in [0.25, 0.3) is 0 Å². The molecule has 0 aromatic heterocycles. The van der Waals surface area contributed by atoms with Gasteiger partial charge < -0.3 is 15.2 Å². The zero-order chi connectivity index (χ0) is 13.5. The Balaban J connectivity index is 1.85. The molecule has 2 unspecified atom stereocenters. The number of ether oxygens (including phenoxy) is 2. The lowest BCUT2D eigenvalue weighted by Gasteiger charge is -2.32. The molecule has 3 nitrogen and oxygen atoms in total. The van der Waals surface area contributed by atoms with Crippen LogP contribution in [0, 0.1) is 11.3 Å². The minimum atomic E-state index is 0.0910. The largest absolute Gasteiger partial charge is 0.486 e. The Kier molecular flexibility index (Phi) is 3.17. The third kappa shape index (κ3) is 2.32. The molecule has 0 saturated heterocycles. The van der Waals surface area contributed by atoms with Gasteiger partial charge in [-0.1, -0.05) is 26.3 Å². The van der Waals surface area contributed by atoms with Crippen LogP contribution in [-0.4, -0.2) is 13.2 Å². The van der Waals surface area contributed by atoms with Crippen LogP contribution in [0.1, 0.15) is 44.7 Å². The Bertz CT molecular complexity index is 470. The summed E-state index contributed by atoms with van der Waals surface area (Å²) in [5.74, 6) is 2.23. The van der Waals surface area contributed by atoms with Crippen molar-refractivity contribution in [2.75, 3.05) is 13.2 Å². The highest BCUT2D eigenvalue weighted by Gasteiger charge is 2.38. The number of rotatable bonds is 2. The third-order valence-corrected chi connectivity index (χ3v) is 4.72. The van der Waals surface area contributed by atoms with E-state index in [9.17, 15) is 0 Å². The van der Waals surface area contributed by atoms with E-state index in [0.29, 0.717) is 24.5 Å². The van der Waals surface area contributed by atoms with Crippen molar-refractivity contribution in [3.63, 3.8) is 0 Å². The van der Waals surface area contributed by atoms with Gasteiger partial charge in [0.05, 0.1) is 0 Å². The Morgan fingerprint density at radius 1 is 1.21 bits per heavy atom. The summed E-state index contributed by atoms with van der Waals surface area (Å²) in [4.78, 5) is 0. The molecule has 1 aliphatic carbocycles. The average Bonchev–Trinajstić information content (AvgIpc) is 2.77. The molecule has 1 fully saturated rings. The van der Waals surface area contributed by atoms with Crippen molar-refractivity contribution < 1.29 is 9.47 Å². The van der Waals surface area contributed by atoms with Crippen molar-refractivity contribution >= 4 is 0 Å². The molecule has 1 saturated carbocycles. The monoisotopic (exact) mass is 261 g/mol. The van der Waals surface area contributed by atoms with Crippen molar-refractivity contribution in [2.24, 2.45) is 17.1 Å². The van der Waals surface area contributed by atoms with Gasteiger partial charge in [0.2, 0.25) is 0 Å². The molecule has 0 spiro atoms. The van der Waals surface area contributed by atoms with E-state index in [1.54, 1.807) is 0 Å². The lowest BCUT2D eigenvalue weighted by Crippen LogP contribution is -2.29. The van der Waals surface area contributed by atoms with E-state index < -0.39 is 0 Å². The molecule has 2 atom stereocenters. The smallest absolute Gasteiger partial charge is 0.161 e. The summed E-state index contributed by atoms with van der Waals surface area (Å²) >= 11 is 0. The Labute approximate surface area is 115 Å². The van der Waals surface area contributed by atoms with E-state index in [4.69, 9.17) is 15.2 Å². The molecule has 3 rings (SSSR count). The molecule has 1 aliphatic heterocycles. The molecular formula is C16H23NO2. The fourth-order valence-electron chi connectivity index (χ4n) is 3.52. The van der Waals surface area contributed by atoms with E-state index in [1.165, 1.54) is 24.8 Å². The van der Waals surface area contributed by atoms with Gasteiger partial charge in [0.15, 0.2) is 11.5 Å². The quantitative estimate of drug-likeness (QED) is 0.888. The van der Waals surface area contributed by atoms with Crippen molar-refractivity contribution in [1.29, 1.82) is 0 Å². The Hall–Kier alpha value is -1.22. The number of fused-ring (bicyclic) bond motifs is 1. The van der Waals surface area contributed by atoms with Gasteiger partial charge in [-0.25, -0.2) is 0 Å². The SMILES string of the molecule is CC1(C)CCCC1C(N)c1ccc2c(c1)OCCO2. The molecule has 1 heterocycles. The molecular weight excluding hydrogens is 238 g/mol. The molecule has 2 aliphatic rings. The third-order valence-electron chi connectivity index (χ3n) is 4.72. The maximum Gasteiger partial charge on any atom is 0.161 e. The first-order chi connectivity index (χ1) is 9.08. The van der Waals surface area contributed by atoms with Gasteiger partial charge >= 0.3 is 0 Å². The fourth-order valence-corrected chi connectivity index (χ4v) is 3.52. The Morgan fingerprint density at radius 2 is 1.95 bits per heavy atom. The first-order valence-corrected chi connectivity index (χ1v) is 7.23. The second-order valence-corrected chi connectivity index (χ2v) is 6.42. The first-order valence-electron chi connectivity index (χ1n) is 7.23. The summed E-state index contributed by atoms with van der Waals surface area (Å²) in [6.45, 7) is 5.93. The number of benzene rings is 1. The molecule has 0 radical (unpaired) electrons. The van der Waals surface area contributed by atoms with Crippen LogP contribution in [0.25, 0.3) is 0 Å². The van der Waals surface area contributed by atoms with E-state index in [2.05, 4.69) is 26.0 Å². The fraction of sp³-hybridized carbons (Fsp3) is 0.625. The molecule has 1 aromatic carbocycles. The molecule has 104 valence electrons. The van der Waals surface area contributed by atoms with Crippen LogP contribution in [0.15, 0.2) is 18.2 Å². The molecule has 0 bridgehead atoms. The average molecular weight is 261 g/mol. The van der Waals surface area contributed by atoms with Gasteiger partial charge in [0.1, 0.15) is 13.2 Å². The molecule has 2 N–H and O–H groups in total. The number of nitrogens with two attached hydrogens (primary N) is 1. The van der Waals surface area contributed by atoms with E-state index in [0.717, 1.165) is 11.5 Å². The minimum Gasteiger partial charge on any atom is -0.486 e. The van der Waals surface area contributed by atoms with Crippen LogP contribution in [0.3, 0.4) is 0 Å². The van der Waals surface area contributed by atoms with Crippen LogP contribution in [-0.2, 0) is 0 Å². The lowest BCUT2D eigenvalue weighted by molar-refractivity contribution is 0.170. The zero-order valence-electron chi connectivity index (χ0n) is 11.8. The van der Waals surface area contributed by atoms with Crippen LogP contribution < -0.4 is 15.2 Å². The van der Waals surface area contributed by atoms with Gasteiger partial charge in [-0.05, 0) is 41.9 Å². The predicted molar refractivity (Wildman–Crippen MR) is 75.5 cm³/mol. The topological polar surface area (TPSA) is 44.5 Å². The standard InChI is InChI=1S/C16H23NO2/c1-16(2)7-3-4-12(16)15(17)11-5-6-13-14(10-11)19-9-8-18-13/h5-6,10,12,15H,3-4,7-9,17H2,1-2H3. The zero-order valence-corrected chi connectivity index (χ0v) is 11.8. The second-order valence-electron chi connectivity index (χ2n) is 6.42. The molecule has 3 heteroatoms. The van der Waals surface area contributed by atoms with Crippen molar-refractivity contribution in [3.8, 4) is 11.5 Å². The maximum atomic E-state index is 6.51. The van der Waals surface area contributed by atoms with Crippen LogP contribution in [0.4, 0.5) is 0 Å². The van der Waals surface area contributed by atoms with Crippen LogP contribution in [0.2, 0.25) is 0 Å². The number of hydrogen-bond acceptors (Lipinski definition) is 3. The molecule has 0 amide bonds. The highest BCUT2D eigenvalue weighted by atomic mass is 16.6. The normalized spacial score (nSPS) is 26.2. The van der Waals surface area contributed by atoms with Gasteiger partial charge in [-0.15, -0.1) is 0 Å².